The van der Waals surface area contributed by atoms with E-state index in [0.717, 1.165) is 43.0 Å². The van der Waals surface area contributed by atoms with E-state index in [9.17, 15) is 9.59 Å². The number of hydrogen-bond acceptors (Lipinski definition) is 6. The highest BCUT2D eigenvalue weighted by molar-refractivity contribution is 9.11. The Balaban J connectivity index is 1.97. The van der Waals surface area contributed by atoms with Crippen molar-refractivity contribution < 1.29 is 19.1 Å². The molecule has 4 nitrogen and oxygen atoms in total. The van der Waals surface area contributed by atoms with Gasteiger partial charge in [0.2, 0.25) is 0 Å². The summed E-state index contributed by atoms with van der Waals surface area (Å²) in [5, 5.41) is 0. The SMILES string of the molecule is CCCCCCCCOC(=O)c1cc(Br)sc1-c1sc(Br)cc1C(=O)OCCCCCCCC. The number of halogens is 2. The third-order valence-electron chi connectivity index (χ3n) is 5.51. The van der Waals surface area contributed by atoms with Crippen LogP contribution < -0.4 is 0 Å². The quantitative estimate of drug-likeness (QED) is 0.128. The predicted octanol–water partition coefficient (Wildman–Crippen LogP) is 10.0. The van der Waals surface area contributed by atoms with Crippen molar-refractivity contribution in [1.29, 1.82) is 0 Å². The summed E-state index contributed by atoms with van der Waals surface area (Å²) in [6, 6.07) is 3.56. The normalized spacial score (nSPS) is 11.1. The summed E-state index contributed by atoms with van der Waals surface area (Å²) in [6.45, 7) is 5.23. The number of carbonyl (C=O) groups excluding carboxylic acids is 2. The number of esters is 2. The lowest BCUT2D eigenvalue weighted by atomic mass is 10.1. The lowest BCUT2D eigenvalue weighted by Gasteiger charge is -2.08. The number of thiophene rings is 2. The summed E-state index contributed by atoms with van der Waals surface area (Å²) >= 11 is 9.86. The molecule has 0 aromatic carbocycles. The molecule has 0 spiro atoms. The molecule has 0 aliphatic carbocycles. The highest BCUT2D eigenvalue weighted by Gasteiger charge is 2.25. The van der Waals surface area contributed by atoms with E-state index in [2.05, 4.69) is 45.7 Å². The molecular formula is C26H36Br2O4S2. The van der Waals surface area contributed by atoms with Crippen LogP contribution in [0.3, 0.4) is 0 Å². The van der Waals surface area contributed by atoms with Gasteiger partial charge in [-0.15, -0.1) is 22.7 Å². The standard InChI is InChI=1S/C26H36Br2O4S2/c1-3-5-7-9-11-13-15-31-25(29)19-17-21(27)33-23(19)24-20(18-22(28)34-24)26(30)32-16-14-12-10-8-6-4-2/h17-18H,3-16H2,1-2H3. The van der Waals surface area contributed by atoms with Crippen molar-refractivity contribution in [3.05, 3.63) is 30.8 Å². The Labute approximate surface area is 229 Å². The van der Waals surface area contributed by atoms with Crippen LogP contribution in [0.15, 0.2) is 19.7 Å². The Morgan fingerprint density at radius 1 is 0.647 bits per heavy atom. The molecule has 0 aliphatic rings. The second kappa shape index (κ2) is 16.9. The van der Waals surface area contributed by atoms with Gasteiger partial charge in [0.1, 0.15) is 0 Å². The Morgan fingerprint density at radius 2 is 1.00 bits per heavy atom. The fourth-order valence-corrected chi connectivity index (χ4v) is 6.94. The van der Waals surface area contributed by atoms with Gasteiger partial charge in [-0.25, -0.2) is 9.59 Å². The minimum atomic E-state index is -0.346. The van der Waals surface area contributed by atoms with Crippen LogP contribution in [0.4, 0.5) is 0 Å². The van der Waals surface area contributed by atoms with Crippen LogP contribution in [-0.2, 0) is 9.47 Å². The smallest absolute Gasteiger partial charge is 0.339 e. The van der Waals surface area contributed by atoms with Crippen molar-refractivity contribution in [3.8, 4) is 9.75 Å². The average Bonchev–Trinajstić information content (AvgIpc) is 3.40. The van der Waals surface area contributed by atoms with E-state index in [4.69, 9.17) is 9.47 Å². The molecule has 0 atom stereocenters. The number of carbonyl (C=O) groups is 2. The van der Waals surface area contributed by atoms with Gasteiger partial charge in [0.15, 0.2) is 0 Å². The fraction of sp³-hybridized carbons (Fsp3) is 0.615. The van der Waals surface area contributed by atoms with E-state index >= 15 is 0 Å². The Kier molecular flexibility index (Phi) is 14.7. The van der Waals surface area contributed by atoms with E-state index in [1.54, 1.807) is 12.1 Å². The van der Waals surface area contributed by atoms with Gasteiger partial charge >= 0.3 is 11.9 Å². The van der Waals surface area contributed by atoms with Crippen LogP contribution in [0.25, 0.3) is 9.75 Å². The molecule has 0 unspecified atom stereocenters. The summed E-state index contributed by atoms with van der Waals surface area (Å²) in [5.74, 6) is -0.692. The Hall–Kier alpha value is -0.700. The Bertz CT molecular complexity index is 819. The predicted molar refractivity (Wildman–Crippen MR) is 150 cm³/mol. The van der Waals surface area contributed by atoms with Gasteiger partial charge in [-0.3, -0.25) is 0 Å². The maximum absolute atomic E-state index is 12.8. The van der Waals surface area contributed by atoms with Gasteiger partial charge in [0.25, 0.3) is 0 Å². The van der Waals surface area contributed by atoms with E-state index in [1.807, 2.05) is 0 Å². The van der Waals surface area contributed by atoms with Gasteiger partial charge in [0.05, 0.1) is 41.7 Å². The van der Waals surface area contributed by atoms with Gasteiger partial charge in [-0.05, 0) is 56.8 Å². The van der Waals surface area contributed by atoms with Crippen LogP contribution in [-0.4, -0.2) is 25.2 Å². The molecule has 8 heteroatoms. The first kappa shape index (κ1) is 29.5. The molecule has 0 bridgehead atoms. The number of ether oxygens (including phenoxy) is 2. The molecule has 2 aromatic heterocycles. The zero-order valence-corrected chi connectivity index (χ0v) is 25.1. The molecule has 2 rings (SSSR count). The van der Waals surface area contributed by atoms with Crippen molar-refractivity contribution in [3.63, 3.8) is 0 Å². The first-order chi connectivity index (χ1) is 16.5. The van der Waals surface area contributed by atoms with Crippen LogP contribution >= 0.6 is 54.5 Å². The lowest BCUT2D eigenvalue weighted by molar-refractivity contribution is 0.0487. The lowest BCUT2D eigenvalue weighted by Crippen LogP contribution is -2.08. The summed E-state index contributed by atoms with van der Waals surface area (Å²) in [7, 11) is 0. The molecule has 34 heavy (non-hydrogen) atoms. The van der Waals surface area contributed by atoms with Crippen LogP contribution in [0, 0.1) is 0 Å². The average molecular weight is 637 g/mol. The monoisotopic (exact) mass is 634 g/mol. The molecule has 0 fully saturated rings. The maximum atomic E-state index is 12.8. The van der Waals surface area contributed by atoms with E-state index in [-0.39, 0.29) is 11.9 Å². The van der Waals surface area contributed by atoms with Gasteiger partial charge in [0, 0.05) is 0 Å². The zero-order chi connectivity index (χ0) is 24.8. The Morgan fingerprint density at radius 3 is 1.38 bits per heavy atom. The van der Waals surface area contributed by atoms with Gasteiger partial charge in [-0.2, -0.15) is 0 Å². The first-order valence-electron chi connectivity index (χ1n) is 12.4. The van der Waals surface area contributed by atoms with Crippen LogP contribution in [0.2, 0.25) is 0 Å². The molecule has 0 amide bonds. The van der Waals surface area contributed by atoms with E-state index in [1.165, 1.54) is 74.0 Å². The largest absolute Gasteiger partial charge is 0.462 e. The third kappa shape index (κ3) is 10.1. The first-order valence-corrected chi connectivity index (χ1v) is 15.6. The van der Waals surface area contributed by atoms with Crippen molar-refractivity contribution in [2.75, 3.05) is 13.2 Å². The minimum Gasteiger partial charge on any atom is -0.462 e. The fourth-order valence-electron chi connectivity index (χ4n) is 3.61. The third-order valence-corrected chi connectivity index (χ3v) is 8.95. The molecule has 0 saturated heterocycles. The highest BCUT2D eigenvalue weighted by Crippen LogP contribution is 2.43. The number of unbranched alkanes of at least 4 members (excludes halogenated alkanes) is 10. The molecule has 2 heterocycles. The van der Waals surface area contributed by atoms with Crippen LogP contribution in [0.5, 0.6) is 0 Å². The van der Waals surface area contributed by atoms with Gasteiger partial charge in [-0.1, -0.05) is 78.1 Å². The van der Waals surface area contributed by atoms with Crippen LogP contribution in [0.1, 0.15) is 112 Å². The second-order valence-electron chi connectivity index (χ2n) is 8.39. The molecule has 0 N–H and O–H groups in total. The zero-order valence-electron chi connectivity index (χ0n) is 20.3. The van der Waals surface area contributed by atoms with Crippen molar-refractivity contribution in [2.45, 2.75) is 90.9 Å². The molecule has 0 saturated carbocycles. The molecule has 190 valence electrons. The van der Waals surface area contributed by atoms with E-state index in [0.29, 0.717) is 24.3 Å². The van der Waals surface area contributed by atoms with Gasteiger partial charge < -0.3 is 9.47 Å². The van der Waals surface area contributed by atoms with Crippen molar-refractivity contribution >= 4 is 66.5 Å². The molecule has 0 aliphatic heterocycles. The van der Waals surface area contributed by atoms with Crippen molar-refractivity contribution in [2.24, 2.45) is 0 Å². The highest BCUT2D eigenvalue weighted by atomic mass is 79.9. The minimum absolute atomic E-state index is 0.346. The van der Waals surface area contributed by atoms with E-state index < -0.39 is 0 Å². The molecular weight excluding hydrogens is 600 g/mol. The second-order valence-corrected chi connectivity index (χ2v) is 13.3. The summed E-state index contributed by atoms with van der Waals surface area (Å²) in [4.78, 5) is 27.1. The molecule has 0 radical (unpaired) electrons. The summed E-state index contributed by atoms with van der Waals surface area (Å²) in [6.07, 6.45) is 13.7. The van der Waals surface area contributed by atoms with Crippen molar-refractivity contribution in [1.82, 2.24) is 0 Å². The summed E-state index contributed by atoms with van der Waals surface area (Å²) in [5.41, 5.74) is 0.976. The molecule has 2 aromatic rings. The summed E-state index contributed by atoms with van der Waals surface area (Å²) < 4.78 is 12.8. The number of hydrogen-bond donors (Lipinski definition) is 0. The maximum Gasteiger partial charge on any atom is 0.339 e. The number of rotatable bonds is 17. The topological polar surface area (TPSA) is 52.6 Å².